The number of sulfonamides is 1. The molecule has 5 rings (SSSR count). The smallest absolute Gasteiger partial charge is 0.393 e. The van der Waals surface area contributed by atoms with E-state index in [0.29, 0.717) is 25.3 Å². The minimum absolute atomic E-state index is 0.0421. The highest BCUT2D eigenvalue weighted by Gasteiger charge is 2.66. The molecule has 44 heavy (non-hydrogen) atoms. The number of alkyl halides is 4. The van der Waals surface area contributed by atoms with Crippen molar-refractivity contribution in [1.29, 1.82) is 0 Å². The van der Waals surface area contributed by atoms with E-state index in [1.54, 1.807) is 0 Å². The molecule has 0 saturated heterocycles. The lowest BCUT2D eigenvalue weighted by atomic mass is 9.41. The van der Waals surface area contributed by atoms with E-state index in [-0.39, 0.29) is 58.7 Å². The topological polar surface area (TPSA) is 104 Å². The standard InChI is InChI=1S/C33H47F4NO5S/c1-5-21-28-29(34)25(39)14-16-32(28,4)24-13-15-31(3)22(10-11-23(31)27(24)30(21)41)18(2)9-12-26(40)38-44(42,43)20-8-6-7-19(17-20)33(35,36)37/h6-8,17-18,21-25,27-30,39,41H,5,9-16H2,1-4H3,(H,38,40)/t18?,21-,22-,23+,24+,25-,27+,28-,29+,30-,31-,32-/m1/s1. The molecule has 1 aromatic carbocycles. The Morgan fingerprint density at radius 2 is 1.73 bits per heavy atom. The number of carbonyl (C=O) groups is 1. The first-order valence-corrected chi connectivity index (χ1v) is 17.7. The van der Waals surface area contributed by atoms with Crippen LogP contribution in [0.1, 0.15) is 91.0 Å². The van der Waals surface area contributed by atoms with E-state index >= 15 is 4.39 Å². The molecule has 6 nitrogen and oxygen atoms in total. The highest BCUT2D eigenvalue weighted by Crippen LogP contribution is 2.69. The lowest BCUT2D eigenvalue weighted by Gasteiger charge is -2.65. The lowest BCUT2D eigenvalue weighted by Crippen LogP contribution is -2.65. The molecule has 1 unspecified atom stereocenters. The van der Waals surface area contributed by atoms with Gasteiger partial charge in [0.1, 0.15) is 6.17 Å². The van der Waals surface area contributed by atoms with E-state index in [2.05, 4.69) is 20.8 Å². The molecule has 4 aliphatic carbocycles. The van der Waals surface area contributed by atoms with E-state index in [1.165, 1.54) is 0 Å². The Kier molecular flexibility index (Phi) is 9.04. The molecule has 248 valence electrons. The maximum Gasteiger partial charge on any atom is 0.416 e. The summed E-state index contributed by atoms with van der Waals surface area (Å²) in [5.74, 6) is -0.543. The van der Waals surface area contributed by atoms with E-state index < -0.39 is 50.9 Å². The van der Waals surface area contributed by atoms with Gasteiger partial charge in [-0.3, -0.25) is 4.79 Å². The zero-order valence-corrected chi connectivity index (χ0v) is 26.8. The highest BCUT2D eigenvalue weighted by molar-refractivity contribution is 7.90. The molecule has 1 aromatic rings. The van der Waals surface area contributed by atoms with Crippen molar-refractivity contribution in [3.05, 3.63) is 29.8 Å². The third-order valence-electron chi connectivity index (χ3n) is 12.7. The Labute approximate surface area is 258 Å². The monoisotopic (exact) mass is 645 g/mol. The van der Waals surface area contributed by atoms with Crippen LogP contribution in [-0.4, -0.2) is 42.9 Å². The quantitative estimate of drug-likeness (QED) is 0.294. The normalized spacial score (nSPS) is 41.3. The summed E-state index contributed by atoms with van der Waals surface area (Å²) in [4.78, 5) is 12.1. The Hall–Kier alpha value is -1.72. The number of amides is 1. The summed E-state index contributed by atoms with van der Waals surface area (Å²) < 4.78 is 82.1. The molecule has 4 fully saturated rings. The van der Waals surface area contributed by atoms with Crippen LogP contribution >= 0.6 is 0 Å². The van der Waals surface area contributed by atoms with Gasteiger partial charge in [-0.05, 0) is 109 Å². The molecule has 0 heterocycles. The van der Waals surface area contributed by atoms with Crippen molar-refractivity contribution in [3.63, 3.8) is 0 Å². The molecule has 3 N–H and O–H groups in total. The average molecular weight is 646 g/mol. The number of nitrogens with one attached hydrogen (secondary N) is 1. The summed E-state index contributed by atoms with van der Waals surface area (Å²) in [5, 5.41) is 22.2. The number of aliphatic hydroxyl groups is 2. The summed E-state index contributed by atoms with van der Waals surface area (Å²) in [6.07, 6.45) is -1.82. The molecule has 0 bridgehead atoms. The van der Waals surface area contributed by atoms with Gasteiger partial charge < -0.3 is 10.2 Å². The Morgan fingerprint density at radius 3 is 2.39 bits per heavy atom. The predicted molar refractivity (Wildman–Crippen MR) is 157 cm³/mol. The van der Waals surface area contributed by atoms with Crippen molar-refractivity contribution in [2.24, 2.45) is 52.3 Å². The Morgan fingerprint density at radius 1 is 1.07 bits per heavy atom. The molecule has 4 aliphatic rings. The van der Waals surface area contributed by atoms with Gasteiger partial charge in [0, 0.05) is 12.3 Å². The largest absolute Gasteiger partial charge is 0.416 e. The van der Waals surface area contributed by atoms with Crippen molar-refractivity contribution in [2.75, 3.05) is 0 Å². The van der Waals surface area contributed by atoms with Gasteiger partial charge in [0.2, 0.25) is 5.91 Å². The van der Waals surface area contributed by atoms with Crippen LogP contribution in [0, 0.1) is 52.3 Å². The minimum atomic E-state index is -4.71. The summed E-state index contributed by atoms with van der Waals surface area (Å²) >= 11 is 0. The molecule has 11 heteroatoms. The lowest BCUT2D eigenvalue weighted by molar-refractivity contribution is -0.222. The van der Waals surface area contributed by atoms with Crippen molar-refractivity contribution in [2.45, 2.75) is 115 Å². The first-order valence-electron chi connectivity index (χ1n) is 16.2. The maximum atomic E-state index is 15.6. The van der Waals surface area contributed by atoms with Crippen LogP contribution in [0.2, 0.25) is 0 Å². The fourth-order valence-electron chi connectivity index (χ4n) is 10.6. The highest BCUT2D eigenvalue weighted by atomic mass is 32.2. The number of hydrogen-bond acceptors (Lipinski definition) is 5. The molecule has 0 aliphatic heterocycles. The second kappa shape index (κ2) is 11.8. The van der Waals surface area contributed by atoms with Crippen molar-refractivity contribution in [3.8, 4) is 0 Å². The number of rotatable bonds is 7. The number of benzene rings is 1. The molecule has 4 saturated carbocycles. The SMILES string of the molecule is CC[C@H]1[C@@H](O)[C@@H]2[C@H](CC[C@]3(C)[C@@H](C(C)CCC(=O)NS(=O)(=O)c4cccc(C(F)(F)F)c4)CC[C@@H]23)[C@@]2(C)CC[C@@H](O)[C@H](F)[C@@H]12. The van der Waals surface area contributed by atoms with Gasteiger partial charge in [0.05, 0.1) is 22.7 Å². The third-order valence-corrected chi connectivity index (χ3v) is 14.1. The zero-order chi connectivity index (χ0) is 32.4. The van der Waals surface area contributed by atoms with Gasteiger partial charge in [-0.25, -0.2) is 17.5 Å². The van der Waals surface area contributed by atoms with Crippen LogP contribution in [0.5, 0.6) is 0 Å². The van der Waals surface area contributed by atoms with Crippen LogP contribution in [0.4, 0.5) is 17.6 Å². The van der Waals surface area contributed by atoms with Crippen LogP contribution in [0.15, 0.2) is 29.2 Å². The number of halogens is 4. The van der Waals surface area contributed by atoms with Crippen LogP contribution in [-0.2, 0) is 21.0 Å². The first-order chi connectivity index (χ1) is 20.5. The summed E-state index contributed by atoms with van der Waals surface area (Å²) in [7, 11) is -4.46. The fraction of sp³-hybridized carbons (Fsp3) is 0.788. The molecule has 0 aromatic heterocycles. The molecular formula is C33H47F4NO5S. The van der Waals surface area contributed by atoms with E-state index in [9.17, 15) is 36.6 Å². The van der Waals surface area contributed by atoms with Crippen LogP contribution in [0.25, 0.3) is 0 Å². The number of fused-ring (bicyclic) bond motifs is 5. The van der Waals surface area contributed by atoms with Crippen molar-refractivity contribution in [1.82, 2.24) is 4.72 Å². The minimum Gasteiger partial charge on any atom is -0.393 e. The zero-order valence-electron chi connectivity index (χ0n) is 26.0. The predicted octanol–water partition coefficient (Wildman–Crippen LogP) is 6.50. The average Bonchev–Trinajstić information content (AvgIpc) is 3.31. The molecular weight excluding hydrogens is 598 g/mol. The molecule has 0 radical (unpaired) electrons. The third kappa shape index (κ3) is 5.61. The number of carbonyl (C=O) groups excluding carboxylic acids is 1. The van der Waals surface area contributed by atoms with Gasteiger partial charge in [-0.2, -0.15) is 13.2 Å². The van der Waals surface area contributed by atoms with E-state index in [0.717, 1.165) is 50.3 Å². The molecule has 1 amide bonds. The van der Waals surface area contributed by atoms with E-state index in [4.69, 9.17) is 0 Å². The summed E-state index contributed by atoms with van der Waals surface area (Å²) in [6.45, 7) is 8.54. The van der Waals surface area contributed by atoms with Gasteiger partial charge in [-0.1, -0.05) is 40.2 Å². The van der Waals surface area contributed by atoms with Gasteiger partial charge in [-0.15, -0.1) is 0 Å². The van der Waals surface area contributed by atoms with Gasteiger partial charge in [0.15, 0.2) is 0 Å². The first kappa shape index (κ1) is 33.6. The second-order valence-electron chi connectivity index (χ2n) is 14.7. The fourth-order valence-corrected chi connectivity index (χ4v) is 11.7. The Balaban J connectivity index is 1.27. The van der Waals surface area contributed by atoms with Crippen molar-refractivity contribution < 1.29 is 41.0 Å². The molecule has 12 atom stereocenters. The van der Waals surface area contributed by atoms with Crippen molar-refractivity contribution >= 4 is 15.9 Å². The number of hydrogen-bond donors (Lipinski definition) is 3. The van der Waals surface area contributed by atoms with E-state index in [1.807, 2.05) is 11.6 Å². The molecule has 0 spiro atoms. The van der Waals surface area contributed by atoms with Crippen LogP contribution in [0.3, 0.4) is 0 Å². The maximum absolute atomic E-state index is 15.6. The second-order valence-corrected chi connectivity index (χ2v) is 16.4. The van der Waals surface area contributed by atoms with Gasteiger partial charge in [0.25, 0.3) is 10.0 Å². The number of aliphatic hydroxyl groups excluding tert-OH is 2. The summed E-state index contributed by atoms with van der Waals surface area (Å²) in [6, 6.07) is 3.31. The van der Waals surface area contributed by atoms with Gasteiger partial charge >= 0.3 is 6.18 Å². The Bertz CT molecular complexity index is 1340. The summed E-state index contributed by atoms with van der Waals surface area (Å²) in [5.41, 5.74) is -1.48. The van der Waals surface area contributed by atoms with Crippen LogP contribution < -0.4 is 4.72 Å².